The number of carbonyl (C=O) groups is 1. The fraction of sp³-hybridized carbons (Fsp3) is 0.0500. The monoisotopic (exact) mass is 336 g/mol. The van der Waals surface area contributed by atoms with Crippen LogP contribution in [0.1, 0.15) is 10.8 Å². The van der Waals surface area contributed by atoms with E-state index in [4.69, 9.17) is 4.74 Å². The van der Waals surface area contributed by atoms with Crippen molar-refractivity contribution < 1.29 is 14.6 Å². The van der Waals surface area contributed by atoms with Gasteiger partial charge >= 0.3 is 5.97 Å². The molecule has 0 bridgehead atoms. The van der Waals surface area contributed by atoms with Gasteiger partial charge in [0, 0.05) is 4.90 Å². The maximum atomic E-state index is 11.7. The van der Waals surface area contributed by atoms with Crippen molar-refractivity contribution in [3.63, 3.8) is 0 Å². The van der Waals surface area contributed by atoms with E-state index < -0.39 is 11.2 Å². The smallest absolute Gasteiger partial charge is 0.321 e. The summed E-state index contributed by atoms with van der Waals surface area (Å²) in [4.78, 5) is 12.6. The van der Waals surface area contributed by atoms with Crippen LogP contribution >= 0.6 is 11.8 Å². The van der Waals surface area contributed by atoms with E-state index in [0.717, 1.165) is 10.6 Å². The van der Waals surface area contributed by atoms with Crippen LogP contribution in [-0.2, 0) is 4.79 Å². The normalized spacial score (nSPS) is 11.7. The third-order valence-corrected chi connectivity index (χ3v) is 4.62. The van der Waals surface area contributed by atoms with E-state index in [-0.39, 0.29) is 0 Å². The van der Waals surface area contributed by atoms with Gasteiger partial charge in [-0.3, -0.25) is 4.79 Å². The molecule has 4 heteroatoms. The van der Waals surface area contributed by atoms with Crippen molar-refractivity contribution in [2.45, 2.75) is 10.1 Å². The van der Waals surface area contributed by atoms with Crippen LogP contribution in [0.15, 0.2) is 89.8 Å². The molecule has 0 saturated carbocycles. The van der Waals surface area contributed by atoms with Gasteiger partial charge in [-0.15, -0.1) is 11.8 Å². The van der Waals surface area contributed by atoms with Crippen molar-refractivity contribution in [1.82, 2.24) is 0 Å². The summed E-state index contributed by atoms with van der Waals surface area (Å²) in [7, 11) is 0. The number of thioether (sulfide) groups is 1. The molecule has 0 spiro atoms. The first-order chi connectivity index (χ1) is 11.7. The van der Waals surface area contributed by atoms with Crippen molar-refractivity contribution in [2.24, 2.45) is 0 Å². The predicted octanol–water partition coefficient (Wildman–Crippen LogP) is 5.40. The number of carboxylic acids is 1. The number of carboxylic acid groups (broad SMARTS) is 1. The molecule has 3 aromatic carbocycles. The van der Waals surface area contributed by atoms with Crippen molar-refractivity contribution in [2.75, 3.05) is 0 Å². The molecule has 0 aliphatic carbocycles. The maximum Gasteiger partial charge on any atom is 0.321 e. The Kier molecular flexibility index (Phi) is 5.18. The summed E-state index contributed by atoms with van der Waals surface area (Å²) >= 11 is 1.31. The molecule has 3 nitrogen and oxygen atoms in total. The van der Waals surface area contributed by atoms with Gasteiger partial charge in [0.1, 0.15) is 16.7 Å². The maximum absolute atomic E-state index is 11.7. The molecular formula is C20H16O3S. The number of aliphatic carboxylic acids is 1. The molecule has 0 amide bonds. The predicted molar refractivity (Wildman–Crippen MR) is 95.6 cm³/mol. The number of hydrogen-bond acceptors (Lipinski definition) is 3. The number of hydrogen-bond donors (Lipinski definition) is 1. The van der Waals surface area contributed by atoms with Crippen molar-refractivity contribution in [3.05, 3.63) is 90.5 Å². The molecular weight excluding hydrogens is 320 g/mol. The topological polar surface area (TPSA) is 46.5 Å². The van der Waals surface area contributed by atoms with Gasteiger partial charge in [0.15, 0.2) is 0 Å². The lowest BCUT2D eigenvalue weighted by Crippen LogP contribution is -2.08. The molecule has 0 aliphatic rings. The van der Waals surface area contributed by atoms with Gasteiger partial charge < -0.3 is 9.84 Å². The molecule has 3 rings (SSSR count). The molecule has 1 N–H and O–H groups in total. The van der Waals surface area contributed by atoms with E-state index in [0.29, 0.717) is 11.3 Å². The standard InChI is InChI=1S/C20H16O3S/c21-20(22)19(24-18-12-5-2-6-13-18)15-8-7-11-17(14-15)23-16-9-3-1-4-10-16/h1-14,19H,(H,21,22). The Balaban J connectivity index is 1.83. The highest BCUT2D eigenvalue weighted by molar-refractivity contribution is 8.00. The Hall–Kier alpha value is -2.72. The summed E-state index contributed by atoms with van der Waals surface area (Å²) in [6.07, 6.45) is 0. The highest BCUT2D eigenvalue weighted by Crippen LogP contribution is 2.37. The molecule has 0 radical (unpaired) electrons. The zero-order chi connectivity index (χ0) is 16.8. The van der Waals surface area contributed by atoms with Gasteiger partial charge in [-0.25, -0.2) is 0 Å². The van der Waals surface area contributed by atoms with Gasteiger partial charge in [-0.1, -0.05) is 48.5 Å². The zero-order valence-corrected chi connectivity index (χ0v) is 13.6. The number of para-hydroxylation sites is 1. The van der Waals surface area contributed by atoms with E-state index >= 15 is 0 Å². The summed E-state index contributed by atoms with van der Waals surface area (Å²) in [6.45, 7) is 0. The molecule has 120 valence electrons. The molecule has 1 atom stereocenters. The lowest BCUT2D eigenvalue weighted by atomic mass is 10.1. The molecule has 3 aromatic rings. The number of rotatable bonds is 6. The number of benzene rings is 3. The van der Waals surface area contributed by atoms with E-state index in [9.17, 15) is 9.90 Å². The minimum absolute atomic E-state index is 0.624. The van der Waals surface area contributed by atoms with Gasteiger partial charge in [0.2, 0.25) is 0 Å². The largest absolute Gasteiger partial charge is 0.480 e. The minimum atomic E-state index is -0.874. The first-order valence-corrected chi connectivity index (χ1v) is 8.38. The zero-order valence-electron chi connectivity index (χ0n) is 12.8. The molecule has 0 saturated heterocycles. The number of ether oxygens (including phenoxy) is 1. The van der Waals surface area contributed by atoms with E-state index in [1.54, 1.807) is 6.07 Å². The second kappa shape index (κ2) is 7.70. The van der Waals surface area contributed by atoms with Crippen LogP contribution < -0.4 is 4.74 Å². The van der Waals surface area contributed by atoms with Gasteiger partial charge in [0.05, 0.1) is 0 Å². The Morgan fingerprint density at radius 2 is 1.46 bits per heavy atom. The fourth-order valence-corrected chi connectivity index (χ4v) is 3.23. The Morgan fingerprint density at radius 1 is 0.833 bits per heavy atom. The first-order valence-electron chi connectivity index (χ1n) is 7.50. The highest BCUT2D eigenvalue weighted by atomic mass is 32.2. The van der Waals surface area contributed by atoms with Crippen molar-refractivity contribution in [3.8, 4) is 11.5 Å². The average molecular weight is 336 g/mol. The highest BCUT2D eigenvalue weighted by Gasteiger charge is 2.21. The minimum Gasteiger partial charge on any atom is -0.480 e. The average Bonchev–Trinajstić information content (AvgIpc) is 2.61. The van der Waals surface area contributed by atoms with Crippen LogP contribution in [0.5, 0.6) is 11.5 Å². The summed E-state index contributed by atoms with van der Waals surface area (Å²) in [5.41, 5.74) is 0.699. The Labute approximate surface area is 144 Å². The third-order valence-electron chi connectivity index (χ3n) is 3.36. The van der Waals surface area contributed by atoms with E-state index in [1.807, 2.05) is 78.9 Å². The van der Waals surface area contributed by atoms with E-state index in [2.05, 4.69) is 0 Å². The lowest BCUT2D eigenvalue weighted by Gasteiger charge is -2.14. The fourth-order valence-electron chi connectivity index (χ4n) is 2.26. The second-order valence-electron chi connectivity index (χ2n) is 5.14. The summed E-state index contributed by atoms with van der Waals surface area (Å²) in [5.74, 6) is 0.469. The molecule has 24 heavy (non-hydrogen) atoms. The molecule has 1 unspecified atom stereocenters. The first kappa shape index (κ1) is 16.1. The van der Waals surface area contributed by atoms with Crippen LogP contribution in [0.3, 0.4) is 0 Å². The van der Waals surface area contributed by atoms with Crippen LogP contribution in [0.25, 0.3) is 0 Å². The molecule has 0 aromatic heterocycles. The van der Waals surface area contributed by atoms with Crippen LogP contribution in [-0.4, -0.2) is 11.1 Å². The summed E-state index contributed by atoms with van der Waals surface area (Å²) < 4.78 is 5.80. The van der Waals surface area contributed by atoms with Crippen molar-refractivity contribution >= 4 is 17.7 Å². The summed E-state index contributed by atoms with van der Waals surface area (Å²) in [5, 5.41) is 8.92. The Bertz CT molecular complexity index is 803. The quantitative estimate of drug-likeness (QED) is 0.612. The van der Waals surface area contributed by atoms with Crippen LogP contribution in [0, 0.1) is 0 Å². The van der Waals surface area contributed by atoms with Gasteiger partial charge in [0.25, 0.3) is 0 Å². The van der Waals surface area contributed by atoms with Gasteiger partial charge in [-0.2, -0.15) is 0 Å². The Morgan fingerprint density at radius 3 is 2.12 bits per heavy atom. The van der Waals surface area contributed by atoms with E-state index in [1.165, 1.54) is 11.8 Å². The lowest BCUT2D eigenvalue weighted by molar-refractivity contribution is -0.136. The SMILES string of the molecule is O=C(O)C(Sc1ccccc1)c1cccc(Oc2ccccc2)c1. The van der Waals surface area contributed by atoms with Gasteiger partial charge in [-0.05, 0) is 42.0 Å². The second-order valence-corrected chi connectivity index (χ2v) is 6.32. The van der Waals surface area contributed by atoms with Crippen molar-refractivity contribution in [1.29, 1.82) is 0 Å². The third kappa shape index (κ3) is 4.18. The molecule has 0 fully saturated rings. The molecule has 0 aliphatic heterocycles. The van der Waals surface area contributed by atoms with Crippen LogP contribution in [0.4, 0.5) is 0 Å². The molecule has 0 heterocycles. The van der Waals surface area contributed by atoms with Crippen LogP contribution in [0.2, 0.25) is 0 Å². The summed E-state index contributed by atoms with van der Waals surface area (Å²) in [6, 6.07) is 26.2.